The van der Waals surface area contributed by atoms with Crippen LogP contribution in [0.25, 0.3) is 0 Å². The Labute approximate surface area is 214 Å². The molecule has 204 valence electrons. The van der Waals surface area contributed by atoms with Gasteiger partial charge in [0.15, 0.2) is 0 Å². The molecule has 0 saturated heterocycles. The lowest BCUT2D eigenvalue weighted by Crippen LogP contribution is -2.51. The number of nitrogens with zero attached hydrogens (tertiary/aromatic N) is 2. The Morgan fingerprint density at radius 3 is 1.11 bits per heavy atom. The number of benzene rings is 2. The van der Waals surface area contributed by atoms with Crippen LogP contribution in [-0.2, 0) is 19.2 Å². The fourth-order valence-corrected chi connectivity index (χ4v) is 4.59. The predicted octanol–water partition coefficient (Wildman–Crippen LogP) is -0.348. The molecule has 0 spiro atoms. The molecule has 0 unspecified atom stereocenters. The molecule has 38 heavy (non-hydrogen) atoms. The summed E-state index contributed by atoms with van der Waals surface area (Å²) in [7, 11) is 0. The number of phenolic OH excluding ortho intramolecular Hbond substituents is 2. The smallest absolute Gasteiger partial charge is 0.323 e. The predicted molar refractivity (Wildman–Crippen MR) is 129 cm³/mol. The van der Waals surface area contributed by atoms with Crippen molar-refractivity contribution in [3.8, 4) is 11.5 Å². The minimum Gasteiger partial charge on any atom is -0.508 e. The number of carboxylic acids is 4. The standard InChI is InChI=1S/C24H26N2O12/c27-15-5-11(25(7-17(29)30)8-18(31)32)1-3-13(15)21-23(37)22(24(21)38)14-4-2-12(6-16(14)28)26(9-19(33)34)10-20(35)36/h1-6,21-24,27-28,37-38H,7-10H2,(H,29,30)(H,31,32)(H,33,34)(H,35,36). The van der Waals surface area contributed by atoms with E-state index in [1.165, 1.54) is 24.3 Å². The summed E-state index contributed by atoms with van der Waals surface area (Å²) in [5, 5.41) is 78.8. The molecule has 1 saturated carbocycles. The van der Waals surface area contributed by atoms with E-state index in [4.69, 9.17) is 20.4 Å². The van der Waals surface area contributed by atoms with Crippen molar-refractivity contribution in [2.45, 2.75) is 24.0 Å². The highest BCUT2D eigenvalue weighted by atomic mass is 16.4. The quantitative estimate of drug-likeness (QED) is 0.174. The van der Waals surface area contributed by atoms with Crippen LogP contribution in [0.4, 0.5) is 11.4 Å². The number of carbonyl (C=O) groups is 4. The van der Waals surface area contributed by atoms with Gasteiger partial charge in [-0.2, -0.15) is 0 Å². The molecule has 14 nitrogen and oxygen atoms in total. The maximum Gasteiger partial charge on any atom is 0.323 e. The Hall–Kier alpha value is -4.56. The van der Waals surface area contributed by atoms with Gasteiger partial charge in [0, 0.05) is 46.5 Å². The van der Waals surface area contributed by atoms with E-state index in [1.54, 1.807) is 0 Å². The molecule has 0 atom stereocenters. The first-order chi connectivity index (χ1) is 17.8. The minimum atomic E-state index is -1.29. The molecular formula is C24H26N2O12. The number of aliphatic hydroxyl groups excluding tert-OH is 2. The lowest BCUT2D eigenvalue weighted by Gasteiger charge is -2.47. The van der Waals surface area contributed by atoms with Gasteiger partial charge in [-0.15, -0.1) is 0 Å². The Morgan fingerprint density at radius 1 is 0.579 bits per heavy atom. The third kappa shape index (κ3) is 6.04. The summed E-state index contributed by atoms with van der Waals surface area (Å²) in [4.78, 5) is 46.3. The van der Waals surface area contributed by atoms with Crippen molar-refractivity contribution in [3.05, 3.63) is 47.5 Å². The van der Waals surface area contributed by atoms with Crippen molar-refractivity contribution >= 4 is 35.3 Å². The Morgan fingerprint density at radius 2 is 0.868 bits per heavy atom. The second-order valence-electron chi connectivity index (χ2n) is 8.81. The van der Waals surface area contributed by atoms with Crippen LogP contribution in [0.5, 0.6) is 11.5 Å². The van der Waals surface area contributed by atoms with E-state index in [2.05, 4.69) is 0 Å². The fourth-order valence-electron chi connectivity index (χ4n) is 4.59. The molecule has 14 heteroatoms. The molecule has 0 aromatic heterocycles. The molecule has 2 aromatic rings. The van der Waals surface area contributed by atoms with E-state index in [-0.39, 0.29) is 22.5 Å². The van der Waals surface area contributed by atoms with Gasteiger partial charge in [0.2, 0.25) is 0 Å². The highest BCUT2D eigenvalue weighted by molar-refractivity contribution is 5.81. The molecule has 0 heterocycles. The number of rotatable bonds is 12. The zero-order valence-electron chi connectivity index (χ0n) is 19.7. The summed E-state index contributed by atoms with van der Waals surface area (Å²) in [6.07, 6.45) is -2.58. The Bertz CT molecular complexity index is 1110. The van der Waals surface area contributed by atoms with Crippen molar-refractivity contribution in [2.24, 2.45) is 0 Å². The Kier molecular flexibility index (Phi) is 8.28. The zero-order valence-corrected chi connectivity index (χ0v) is 19.7. The molecule has 1 fully saturated rings. The summed E-state index contributed by atoms with van der Waals surface area (Å²) in [6, 6.07) is 7.60. The summed E-state index contributed by atoms with van der Waals surface area (Å²) in [6.45, 7) is -2.58. The lowest BCUT2D eigenvalue weighted by molar-refractivity contribution is -0.138. The third-order valence-electron chi connectivity index (χ3n) is 6.25. The first-order valence-electron chi connectivity index (χ1n) is 11.2. The number of hydrogen-bond acceptors (Lipinski definition) is 10. The van der Waals surface area contributed by atoms with E-state index < -0.39 is 85.6 Å². The van der Waals surface area contributed by atoms with Crippen LogP contribution >= 0.6 is 0 Å². The molecular weight excluding hydrogens is 508 g/mol. The van der Waals surface area contributed by atoms with Crippen molar-refractivity contribution in [2.75, 3.05) is 36.0 Å². The monoisotopic (exact) mass is 534 g/mol. The molecule has 3 rings (SSSR count). The highest BCUT2D eigenvalue weighted by Crippen LogP contribution is 2.52. The van der Waals surface area contributed by atoms with Crippen LogP contribution in [0.2, 0.25) is 0 Å². The van der Waals surface area contributed by atoms with Crippen LogP contribution in [0.3, 0.4) is 0 Å². The zero-order chi connectivity index (χ0) is 28.3. The van der Waals surface area contributed by atoms with Crippen LogP contribution in [-0.4, -0.2) is 103 Å². The number of aromatic hydroxyl groups is 2. The van der Waals surface area contributed by atoms with Crippen LogP contribution in [0, 0.1) is 0 Å². The molecule has 0 bridgehead atoms. The highest BCUT2D eigenvalue weighted by Gasteiger charge is 2.52. The van der Waals surface area contributed by atoms with E-state index in [0.717, 1.165) is 21.9 Å². The number of phenols is 2. The normalized spacial score (nSPS) is 20.3. The van der Waals surface area contributed by atoms with Gasteiger partial charge in [-0.25, -0.2) is 0 Å². The summed E-state index contributed by atoms with van der Waals surface area (Å²) >= 11 is 0. The van der Waals surface area contributed by atoms with Gasteiger partial charge in [-0.05, 0) is 12.1 Å². The average Bonchev–Trinajstić information content (AvgIpc) is 2.79. The van der Waals surface area contributed by atoms with E-state index in [9.17, 15) is 39.6 Å². The number of carboxylic acid groups (broad SMARTS) is 4. The molecule has 1 aliphatic rings. The van der Waals surface area contributed by atoms with Crippen molar-refractivity contribution in [1.29, 1.82) is 0 Å². The van der Waals surface area contributed by atoms with Gasteiger partial charge in [0.1, 0.15) is 37.7 Å². The number of aliphatic carboxylic acids is 4. The molecule has 2 aromatic carbocycles. The summed E-state index contributed by atoms with van der Waals surface area (Å²) < 4.78 is 0. The van der Waals surface area contributed by atoms with Gasteiger partial charge in [-0.1, -0.05) is 12.1 Å². The van der Waals surface area contributed by atoms with Crippen molar-refractivity contribution in [1.82, 2.24) is 0 Å². The first-order valence-corrected chi connectivity index (χ1v) is 11.2. The average molecular weight is 534 g/mol. The van der Waals surface area contributed by atoms with Gasteiger partial charge in [0.05, 0.1) is 12.2 Å². The molecule has 0 amide bonds. The number of hydrogen-bond donors (Lipinski definition) is 8. The largest absolute Gasteiger partial charge is 0.508 e. The number of anilines is 2. The maximum absolute atomic E-state index is 11.1. The van der Waals surface area contributed by atoms with E-state index in [1.807, 2.05) is 0 Å². The summed E-state index contributed by atoms with van der Waals surface area (Å²) in [5.74, 6) is -7.99. The van der Waals surface area contributed by atoms with Crippen LogP contribution in [0.1, 0.15) is 23.0 Å². The van der Waals surface area contributed by atoms with Crippen LogP contribution < -0.4 is 9.80 Å². The third-order valence-corrected chi connectivity index (χ3v) is 6.25. The lowest BCUT2D eigenvalue weighted by atomic mass is 9.63. The second-order valence-corrected chi connectivity index (χ2v) is 8.81. The van der Waals surface area contributed by atoms with Crippen LogP contribution in [0.15, 0.2) is 36.4 Å². The topological polar surface area (TPSA) is 237 Å². The first kappa shape index (κ1) is 28.0. The number of aliphatic hydroxyl groups is 2. The molecule has 0 radical (unpaired) electrons. The molecule has 8 N–H and O–H groups in total. The Balaban J connectivity index is 1.83. The summed E-state index contributed by atoms with van der Waals surface area (Å²) in [5.41, 5.74) is 0.412. The second kappa shape index (κ2) is 11.2. The van der Waals surface area contributed by atoms with E-state index >= 15 is 0 Å². The molecule has 1 aliphatic carbocycles. The maximum atomic E-state index is 11.1. The molecule has 0 aliphatic heterocycles. The SMILES string of the molecule is O=C(O)CN(CC(=O)O)c1ccc(C2C(O)C(c3ccc(N(CC(=O)O)CC(=O)O)cc3O)C2O)c(O)c1. The van der Waals surface area contributed by atoms with Gasteiger partial charge < -0.3 is 50.7 Å². The fraction of sp³-hybridized carbons (Fsp3) is 0.333. The van der Waals surface area contributed by atoms with Crippen molar-refractivity contribution in [3.63, 3.8) is 0 Å². The minimum absolute atomic E-state index is 0.0939. The van der Waals surface area contributed by atoms with E-state index in [0.29, 0.717) is 0 Å². The van der Waals surface area contributed by atoms with Crippen molar-refractivity contribution < 1.29 is 60.0 Å². The van der Waals surface area contributed by atoms with Gasteiger partial charge in [0.25, 0.3) is 0 Å². The van der Waals surface area contributed by atoms with Gasteiger partial charge in [-0.3, -0.25) is 19.2 Å². The van der Waals surface area contributed by atoms with Gasteiger partial charge >= 0.3 is 23.9 Å².